The van der Waals surface area contributed by atoms with Crippen LogP contribution in [0.3, 0.4) is 0 Å². The molecule has 0 atom stereocenters. The number of pyridine rings is 1. The van der Waals surface area contributed by atoms with Crippen molar-refractivity contribution in [1.29, 1.82) is 0 Å². The summed E-state index contributed by atoms with van der Waals surface area (Å²) in [5.74, 6) is 0.700. The number of anilines is 1. The van der Waals surface area contributed by atoms with E-state index < -0.39 is 0 Å². The second-order valence-electron chi connectivity index (χ2n) is 6.88. The first-order valence-electron chi connectivity index (χ1n) is 9.08. The van der Waals surface area contributed by atoms with Crippen LogP contribution in [0.25, 0.3) is 10.2 Å². The van der Waals surface area contributed by atoms with Crippen molar-refractivity contribution < 1.29 is 0 Å². The quantitative estimate of drug-likeness (QED) is 0.371. The monoisotopic (exact) mass is 390 g/mol. The van der Waals surface area contributed by atoms with Crippen LogP contribution < -0.4 is 5.32 Å². The number of halogens is 1. The first-order chi connectivity index (χ1) is 12.2. The third kappa shape index (κ3) is 3.71. The van der Waals surface area contributed by atoms with Crippen molar-refractivity contribution in [3.05, 3.63) is 44.1 Å². The van der Waals surface area contributed by atoms with Crippen molar-refractivity contribution in [2.45, 2.75) is 57.9 Å². The molecule has 0 radical (unpaired) electrons. The zero-order valence-corrected chi connectivity index (χ0v) is 16.9. The third-order valence-electron chi connectivity index (χ3n) is 5.14. The molecule has 4 rings (SSSR count). The third-order valence-corrected chi connectivity index (χ3v) is 7.68. The van der Waals surface area contributed by atoms with E-state index in [1.807, 2.05) is 17.4 Å². The first-order valence-corrected chi connectivity index (χ1v) is 11.2. The van der Waals surface area contributed by atoms with Crippen LogP contribution in [0.1, 0.15) is 59.8 Å². The van der Waals surface area contributed by atoms with Gasteiger partial charge in [-0.25, -0.2) is 4.98 Å². The van der Waals surface area contributed by atoms with E-state index in [0.717, 1.165) is 17.7 Å². The number of aryl methyl sites for hydroxylation is 1. The van der Waals surface area contributed by atoms with Gasteiger partial charge in [0.1, 0.15) is 5.15 Å². The van der Waals surface area contributed by atoms with Crippen LogP contribution in [-0.2, 0) is 6.54 Å². The van der Waals surface area contributed by atoms with Crippen LogP contribution in [0.5, 0.6) is 0 Å². The summed E-state index contributed by atoms with van der Waals surface area (Å²) >= 11 is 10.0. The number of hydrogen-bond acceptors (Lipinski definition) is 4. The Bertz CT molecular complexity index is 846. The number of thiophene rings is 2. The Balaban J connectivity index is 1.69. The molecule has 25 heavy (non-hydrogen) atoms. The lowest BCUT2D eigenvalue weighted by Crippen LogP contribution is -1.98. The Morgan fingerprint density at radius 3 is 2.76 bits per heavy atom. The summed E-state index contributed by atoms with van der Waals surface area (Å²) in [4.78, 5) is 7.52. The Hall–Kier alpha value is -1.10. The number of hydrogen-bond donors (Lipinski definition) is 1. The van der Waals surface area contributed by atoms with E-state index in [1.165, 1.54) is 58.5 Å². The minimum absolute atomic E-state index is 0.578. The Kier molecular flexibility index (Phi) is 5.30. The molecule has 0 saturated heterocycles. The molecule has 0 bridgehead atoms. The van der Waals surface area contributed by atoms with Crippen molar-refractivity contribution in [1.82, 2.24) is 4.98 Å². The predicted octanol–water partition coefficient (Wildman–Crippen LogP) is 7.37. The van der Waals surface area contributed by atoms with Crippen LogP contribution in [0.15, 0.2) is 23.6 Å². The smallest absolute Gasteiger partial charge is 0.131 e. The molecular formula is C20H23ClN2S2. The van der Waals surface area contributed by atoms with Gasteiger partial charge in [0.05, 0.1) is 15.9 Å². The van der Waals surface area contributed by atoms with Gasteiger partial charge in [0.25, 0.3) is 0 Å². The minimum Gasteiger partial charge on any atom is -0.379 e. The lowest BCUT2D eigenvalue weighted by Gasteiger charge is -2.12. The molecule has 1 aliphatic rings. The fourth-order valence-electron chi connectivity index (χ4n) is 3.82. The zero-order chi connectivity index (χ0) is 17.2. The van der Waals surface area contributed by atoms with E-state index in [4.69, 9.17) is 11.6 Å². The van der Waals surface area contributed by atoms with Crippen molar-refractivity contribution >= 4 is 50.2 Å². The summed E-state index contributed by atoms with van der Waals surface area (Å²) in [5.41, 5.74) is 3.55. The van der Waals surface area contributed by atoms with Gasteiger partial charge in [-0.2, -0.15) is 0 Å². The maximum atomic E-state index is 6.33. The van der Waals surface area contributed by atoms with E-state index in [-0.39, 0.29) is 0 Å². The molecule has 2 nitrogen and oxygen atoms in total. The highest BCUT2D eigenvalue weighted by Crippen LogP contribution is 2.43. The standard InChI is InChI=1S/C20H23ClN2S2/c1-13-18-20(25-19(13)14-7-4-2-3-5-8-14)16(11-17(21)23-18)22-12-15-9-6-10-24-15/h6,9-11,14H,2-5,7-8,12H2,1H3,(H,22,23). The molecule has 1 aliphatic carbocycles. The van der Waals surface area contributed by atoms with Gasteiger partial charge in [-0.1, -0.05) is 43.4 Å². The normalized spacial score (nSPS) is 16.2. The largest absolute Gasteiger partial charge is 0.379 e. The van der Waals surface area contributed by atoms with E-state index in [0.29, 0.717) is 11.1 Å². The average molecular weight is 391 g/mol. The fourth-order valence-corrected chi connectivity index (χ4v) is 6.07. The van der Waals surface area contributed by atoms with Crippen LogP contribution in [0.4, 0.5) is 5.69 Å². The maximum absolute atomic E-state index is 6.33. The molecule has 3 aromatic rings. The number of nitrogens with zero attached hydrogens (tertiary/aromatic N) is 1. The molecule has 0 aromatic carbocycles. The summed E-state index contributed by atoms with van der Waals surface area (Å²) in [6.45, 7) is 3.06. The molecule has 1 fully saturated rings. The molecule has 1 saturated carbocycles. The molecule has 0 aliphatic heterocycles. The van der Waals surface area contributed by atoms with Gasteiger partial charge < -0.3 is 5.32 Å². The highest BCUT2D eigenvalue weighted by Gasteiger charge is 2.22. The molecular weight excluding hydrogens is 368 g/mol. The van der Waals surface area contributed by atoms with Crippen molar-refractivity contribution in [3.63, 3.8) is 0 Å². The highest BCUT2D eigenvalue weighted by molar-refractivity contribution is 7.20. The molecule has 0 spiro atoms. The van der Waals surface area contributed by atoms with Crippen molar-refractivity contribution in [3.8, 4) is 0 Å². The Morgan fingerprint density at radius 2 is 2.04 bits per heavy atom. The second-order valence-corrected chi connectivity index (χ2v) is 9.35. The van der Waals surface area contributed by atoms with Gasteiger partial charge in [0, 0.05) is 22.4 Å². The molecule has 5 heteroatoms. The molecule has 0 unspecified atom stereocenters. The lowest BCUT2D eigenvalue weighted by atomic mass is 9.96. The van der Waals surface area contributed by atoms with Crippen LogP contribution in [0, 0.1) is 6.92 Å². The van der Waals surface area contributed by atoms with E-state index in [2.05, 4.69) is 34.7 Å². The fraction of sp³-hybridized carbons (Fsp3) is 0.450. The molecule has 1 N–H and O–H groups in total. The van der Waals surface area contributed by atoms with Gasteiger partial charge in [0.15, 0.2) is 0 Å². The van der Waals surface area contributed by atoms with Gasteiger partial charge in [-0.3, -0.25) is 0 Å². The summed E-state index contributed by atoms with van der Waals surface area (Å²) in [5, 5.41) is 6.28. The minimum atomic E-state index is 0.578. The SMILES string of the molecule is Cc1c(C2CCCCCC2)sc2c(NCc3cccs3)cc(Cl)nc12. The Labute approximate surface area is 162 Å². The summed E-state index contributed by atoms with van der Waals surface area (Å²) in [7, 11) is 0. The first kappa shape index (κ1) is 17.3. The van der Waals surface area contributed by atoms with Crippen molar-refractivity contribution in [2.75, 3.05) is 5.32 Å². The van der Waals surface area contributed by atoms with Crippen LogP contribution >= 0.6 is 34.3 Å². The number of nitrogens with one attached hydrogen (secondary N) is 1. The number of fused-ring (bicyclic) bond motifs is 1. The molecule has 3 heterocycles. The zero-order valence-electron chi connectivity index (χ0n) is 14.5. The Morgan fingerprint density at radius 1 is 1.24 bits per heavy atom. The van der Waals surface area contributed by atoms with Crippen LogP contribution in [0.2, 0.25) is 5.15 Å². The van der Waals surface area contributed by atoms with Crippen molar-refractivity contribution in [2.24, 2.45) is 0 Å². The summed E-state index contributed by atoms with van der Waals surface area (Å²) in [6.07, 6.45) is 8.13. The van der Waals surface area contributed by atoms with E-state index in [1.54, 1.807) is 11.3 Å². The number of aromatic nitrogens is 1. The summed E-state index contributed by atoms with van der Waals surface area (Å²) < 4.78 is 1.26. The highest BCUT2D eigenvalue weighted by atomic mass is 35.5. The van der Waals surface area contributed by atoms with E-state index in [9.17, 15) is 0 Å². The topological polar surface area (TPSA) is 24.9 Å². The summed E-state index contributed by atoms with van der Waals surface area (Å²) in [6, 6.07) is 6.23. The molecule has 3 aromatic heterocycles. The average Bonchev–Trinajstić information content (AvgIpc) is 3.14. The van der Waals surface area contributed by atoms with Gasteiger partial charge >= 0.3 is 0 Å². The van der Waals surface area contributed by atoms with E-state index >= 15 is 0 Å². The number of rotatable bonds is 4. The van der Waals surface area contributed by atoms with Crippen LogP contribution in [-0.4, -0.2) is 4.98 Å². The van der Waals surface area contributed by atoms with Gasteiger partial charge in [-0.15, -0.1) is 22.7 Å². The van der Waals surface area contributed by atoms with Gasteiger partial charge in [-0.05, 0) is 42.7 Å². The maximum Gasteiger partial charge on any atom is 0.131 e. The lowest BCUT2D eigenvalue weighted by molar-refractivity contribution is 0.599. The molecule has 0 amide bonds. The second kappa shape index (κ2) is 7.65. The predicted molar refractivity (Wildman–Crippen MR) is 111 cm³/mol. The molecule has 132 valence electrons. The van der Waals surface area contributed by atoms with Gasteiger partial charge in [0.2, 0.25) is 0 Å².